The normalized spacial score (nSPS) is 11.5. The number of aryl methyl sites for hydroxylation is 1. The summed E-state index contributed by atoms with van der Waals surface area (Å²) >= 11 is 0. The number of nitrogens with two attached hydrogens (primary N) is 1. The second kappa shape index (κ2) is 5.82. The van der Waals surface area contributed by atoms with Gasteiger partial charge in [0.05, 0.1) is 0 Å². The molecule has 0 saturated carbocycles. The minimum atomic E-state index is -0.0953. The predicted molar refractivity (Wildman–Crippen MR) is 70.0 cm³/mol. The van der Waals surface area contributed by atoms with Gasteiger partial charge in [-0.15, -0.1) is 0 Å². The number of nitrogens with zero attached hydrogens (tertiary/aromatic N) is 2. The summed E-state index contributed by atoms with van der Waals surface area (Å²) in [6.07, 6.45) is 5.29. The molecule has 5 heteroatoms. The Kier molecular flexibility index (Phi) is 4.69. The summed E-state index contributed by atoms with van der Waals surface area (Å²) in [6.45, 7) is 5.74. The summed E-state index contributed by atoms with van der Waals surface area (Å²) in [5.41, 5.74) is 5.52. The van der Waals surface area contributed by atoms with Crippen LogP contribution in [0.4, 0.5) is 5.82 Å². The maximum absolute atomic E-state index is 11.7. The molecule has 0 amide bonds. The van der Waals surface area contributed by atoms with Gasteiger partial charge in [-0.25, -0.2) is 4.98 Å². The smallest absolute Gasteiger partial charge is 0.293 e. The van der Waals surface area contributed by atoms with Crippen LogP contribution in [0.2, 0.25) is 0 Å². The van der Waals surface area contributed by atoms with Gasteiger partial charge >= 0.3 is 0 Å². The molecule has 17 heavy (non-hydrogen) atoms. The molecule has 0 aliphatic rings. The molecule has 0 fully saturated rings. The number of nitrogens with one attached hydrogen (secondary N) is 1. The second-order valence-corrected chi connectivity index (χ2v) is 5.10. The molecule has 0 saturated heterocycles. The van der Waals surface area contributed by atoms with Gasteiger partial charge in [0, 0.05) is 26.0 Å². The Morgan fingerprint density at radius 3 is 2.88 bits per heavy atom. The lowest BCUT2D eigenvalue weighted by Gasteiger charge is -2.24. The molecule has 0 unspecified atom stereocenters. The zero-order valence-electron chi connectivity index (χ0n) is 10.9. The Balaban J connectivity index is 2.61. The van der Waals surface area contributed by atoms with Crippen LogP contribution in [0.5, 0.6) is 0 Å². The molecular formula is C12H22N4O. The van der Waals surface area contributed by atoms with E-state index in [2.05, 4.69) is 24.1 Å². The van der Waals surface area contributed by atoms with E-state index < -0.39 is 0 Å². The first kappa shape index (κ1) is 13.7. The van der Waals surface area contributed by atoms with Crippen molar-refractivity contribution in [3.63, 3.8) is 0 Å². The van der Waals surface area contributed by atoms with Gasteiger partial charge in [0.15, 0.2) is 5.82 Å². The highest BCUT2D eigenvalue weighted by molar-refractivity contribution is 5.30. The van der Waals surface area contributed by atoms with Crippen LogP contribution in [0.25, 0.3) is 0 Å². The first-order valence-corrected chi connectivity index (χ1v) is 5.92. The zero-order valence-corrected chi connectivity index (χ0v) is 10.9. The van der Waals surface area contributed by atoms with E-state index in [0.717, 1.165) is 19.4 Å². The van der Waals surface area contributed by atoms with Gasteiger partial charge in [0.25, 0.3) is 5.56 Å². The van der Waals surface area contributed by atoms with Gasteiger partial charge < -0.3 is 15.6 Å². The topological polar surface area (TPSA) is 72.9 Å². The molecule has 1 aromatic heterocycles. The van der Waals surface area contributed by atoms with Gasteiger partial charge in [0.2, 0.25) is 0 Å². The molecule has 0 aliphatic heterocycles. The van der Waals surface area contributed by atoms with E-state index in [1.807, 2.05) is 0 Å². The highest BCUT2D eigenvalue weighted by Crippen LogP contribution is 2.21. The number of hydrogen-bond donors (Lipinski definition) is 2. The van der Waals surface area contributed by atoms with Gasteiger partial charge in [-0.3, -0.25) is 4.79 Å². The van der Waals surface area contributed by atoms with Crippen molar-refractivity contribution >= 4 is 5.82 Å². The Morgan fingerprint density at radius 1 is 1.53 bits per heavy atom. The first-order valence-electron chi connectivity index (χ1n) is 5.92. The molecular weight excluding hydrogens is 216 g/mol. The van der Waals surface area contributed by atoms with E-state index in [1.165, 1.54) is 4.57 Å². The minimum Gasteiger partial charge on any atom is -0.365 e. The Labute approximate surface area is 102 Å². The summed E-state index contributed by atoms with van der Waals surface area (Å²) in [6, 6.07) is 0. The van der Waals surface area contributed by atoms with Crippen LogP contribution in [0.1, 0.15) is 26.7 Å². The summed E-state index contributed by atoms with van der Waals surface area (Å²) in [7, 11) is 1.72. The predicted octanol–water partition coefficient (Wildman–Crippen LogP) is 0.957. The van der Waals surface area contributed by atoms with Crippen LogP contribution in [-0.4, -0.2) is 22.6 Å². The van der Waals surface area contributed by atoms with Crippen LogP contribution in [0.3, 0.4) is 0 Å². The molecule has 0 spiro atoms. The third kappa shape index (κ3) is 4.19. The lowest BCUT2D eigenvalue weighted by Crippen LogP contribution is -2.29. The van der Waals surface area contributed by atoms with Crippen LogP contribution in [0.15, 0.2) is 17.2 Å². The van der Waals surface area contributed by atoms with E-state index >= 15 is 0 Å². The van der Waals surface area contributed by atoms with Crippen LogP contribution < -0.4 is 16.6 Å². The fraction of sp³-hybridized carbons (Fsp3) is 0.667. The molecule has 0 atom stereocenters. The van der Waals surface area contributed by atoms with Crippen molar-refractivity contribution in [1.29, 1.82) is 0 Å². The second-order valence-electron chi connectivity index (χ2n) is 5.10. The molecule has 1 heterocycles. The summed E-state index contributed by atoms with van der Waals surface area (Å²) < 4.78 is 1.52. The quantitative estimate of drug-likeness (QED) is 0.774. The molecule has 0 radical (unpaired) electrons. The zero-order chi connectivity index (χ0) is 12.9. The van der Waals surface area contributed by atoms with Crippen LogP contribution >= 0.6 is 0 Å². The van der Waals surface area contributed by atoms with Gasteiger partial charge in [0.1, 0.15) is 0 Å². The SMILES string of the molecule is Cn1ccnc(NCC(C)(C)CCCN)c1=O. The van der Waals surface area contributed by atoms with Crippen LogP contribution in [0, 0.1) is 5.41 Å². The Morgan fingerprint density at radius 2 is 2.24 bits per heavy atom. The average molecular weight is 238 g/mol. The molecule has 3 N–H and O–H groups in total. The molecule has 5 nitrogen and oxygen atoms in total. The Bertz CT molecular complexity index is 411. The van der Waals surface area contributed by atoms with Crippen molar-refractivity contribution in [3.8, 4) is 0 Å². The van der Waals surface area contributed by atoms with Crippen molar-refractivity contribution in [1.82, 2.24) is 9.55 Å². The van der Waals surface area contributed by atoms with Crippen molar-refractivity contribution in [2.75, 3.05) is 18.4 Å². The van der Waals surface area contributed by atoms with Gasteiger partial charge in [-0.05, 0) is 24.8 Å². The Hall–Kier alpha value is -1.36. The third-order valence-corrected chi connectivity index (χ3v) is 2.81. The summed E-state index contributed by atoms with van der Waals surface area (Å²) in [5.74, 6) is 0.413. The molecule has 1 rings (SSSR count). The number of aromatic nitrogens is 2. The highest BCUT2D eigenvalue weighted by Gasteiger charge is 2.17. The number of hydrogen-bond acceptors (Lipinski definition) is 4. The largest absolute Gasteiger partial charge is 0.365 e. The molecule has 96 valence electrons. The van der Waals surface area contributed by atoms with Crippen molar-refractivity contribution in [2.24, 2.45) is 18.2 Å². The van der Waals surface area contributed by atoms with Gasteiger partial charge in [-0.2, -0.15) is 0 Å². The summed E-state index contributed by atoms with van der Waals surface area (Å²) in [4.78, 5) is 15.8. The number of anilines is 1. The maximum Gasteiger partial charge on any atom is 0.293 e. The molecule has 0 aromatic carbocycles. The molecule has 0 bridgehead atoms. The lowest BCUT2D eigenvalue weighted by atomic mass is 9.88. The van der Waals surface area contributed by atoms with Crippen molar-refractivity contribution in [2.45, 2.75) is 26.7 Å². The molecule has 0 aliphatic carbocycles. The maximum atomic E-state index is 11.7. The third-order valence-electron chi connectivity index (χ3n) is 2.81. The van der Waals surface area contributed by atoms with E-state index in [1.54, 1.807) is 19.4 Å². The monoisotopic (exact) mass is 238 g/mol. The highest BCUT2D eigenvalue weighted by atomic mass is 16.1. The minimum absolute atomic E-state index is 0.0953. The van der Waals surface area contributed by atoms with Crippen molar-refractivity contribution < 1.29 is 0 Å². The fourth-order valence-corrected chi connectivity index (χ4v) is 1.61. The van der Waals surface area contributed by atoms with E-state index in [9.17, 15) is 4.79 Å². The average Bonchev–Trinajstić information content (AvgIpc) is 2.29. The van der Waals surface area contributed by atoms with Crippen LogP contribution in [-0.2, 0) is 7.05 Å². The van der Waals surface area contributed by atoms with E-state index in [4.69, 9.17) is 5.73 Å². The first-order chi connectivity index (χ1) is 7.96. The number of rotatable bonds is 6. The lowest BCUT2D eigenvalue weighted by molar-refractivity contribution is 0.349. The van der Waals surface area contributed by atoms with Crippen molar-refractivity contribution in [3.05, 3.63) is 22.7 Å². The van der Waals surface area contributed by atoms with E-state index in [-0.39, 0.29) is 11.0 Å². The van der Waals surface area contributed by atoms with E-state index in [0.29, 0.717) is 12.4 Å². The summed E-state index contributed by atoms with van der Waals surface area (Å²) in [5, 5.41) is 3.12. The molecule has 1 aromatic rings. The van der Waals surface area contributed by atoms with Gasteiger partial charge in [-0.1, -0.05) is 13.8 Å². The standard InChI is InChI=1S/C12H22N4O/c1-12(2,5-4-6-13)9-15-10-11(17)16(3)8-7-14-10/h7-8H,4-6,9,13H2,1-3H3,(H,14,15). The fourth-order valence-electron chi connectivity index (χ4n) is 1.61.